The molecule has 154 valence electrons. The first-order valence-electron chi connectivity index (χ1n) is 10.2. The molecule has 0 fully saturated rings. The van der Waals surface area contributed by atoms with E-state index in [0.29, 0.717) is 17.8 Å². The van der Waals surface area contributed by atoms with Gasteiger partial charge in [-0.15, -0.1) is 0 Å². The number of rotatable bonds is 7. The maximum absolute atomic E-state index is 12.7. The average molecular weight is 387 g/mol. The summed E-state index contributed by atoms with van der Waals surface area (Å²) in [5.41, 5.74) is 2.85. The highest BCUT2D eigenvalue weighted by atomic mass is 16.5. The van der Waals surface area contributed by atoms with Crippen LogP contribution >= 0.6 is 0 Å². The van der Waals surface area contributed by atoms with Gasteiger partial charge in [0, 0.05) is 6.42 Å². The van der Waals surface area contributed by atoms with Gasteiger partial charge >= 0.3 is 5.97 Å². The number of Topliss-reactive ketones (excluding diaryl/α,β-unsaturated/α-hetero) is 1. The van der Waals surface area contributed by atoms with E-state index in [9.17, 15) is 9.59 Å². The third-order valence-electron chi connectivity index (χ3n) is 5.56. The maximum atomic E-state index is 12.7. The number of ether oxygens (including phenoxy) is 2. The van der Waals surface area contributed by atoms with Gasteiger partial charge in [-0.25, -0.2) is 0 Å². The van der Waals surface area contributed by atoms with E-state index < -0.39 is 17.5 Å². The van der Waals surface area contributed by atoms with Crippen LogP contribution in [0, 0.1) is 11.8 Å². The molecule has 3 atom stereocenters. The van der Waals surface area contributed by atoms with Crippen LogP contribution in [0.5, 0.6) is 0 Å². The van der Waals surface area contributed by atoms with Crippen molar-refractivity contribution in [1.29, 1.82) is 0 Å². The molecule has 0 aromatic heterocycles. The van der Waals surface area contributed by atoms with Gasteiger partial charge in [-0.1, -0.05) is 30.2 Å². The molecular weight excluding hydrogens is 352 g/mol. The number of esters is 1. The van der Waals surface area contributed by atoms with Gasteiger partial charge in [-0.2, -0.15) is 0 Å². The summed E-state index contributed by atoms with van der Waals surface area (Å²) in [5, 5.41) is 0. The molecule has 28 heavy (non-hydrogen) atoms. The van der Waals surface area contributed by atoms with Crippen molar-refractivity contribution < 1.29 is 19.1 Å². The van der Waals surface area contributed by atoms with Crippen LogP contribution in [0.25, 0.3) is 0 Å². The lowest BCUT2D eigenvalue weighted by atomic mass is 9.77. The van der Waals surface area contributed by atoms with E-state index in [2.05, 4.69) is 39.8 Å². The van der Waals surface area contributed by atoms with Crippen LogP contribution in [-0.2, 0) is 19.1 Å². The Balaban J connectivity index is 1.99. The lowest BCUT2D eigenvalue weighted by molar-refractivity contribution is -0.151. The van der Waals surface area contributed by atoms with Crippen LogP contribution in [0.3, 0.4) is 0 Å². The number of carbonyl (C=O) groups is 2. The Bertz CT molecular complexity index is 734. The summed E-state index contributed by atoms with van der Waals surface area (Å²) >= 11 is 0. The molecule has 4 nitrogen and oxygen atoms in total. The maximum Gasteiger partial charge on any atom is 0.316 e. The van der Waals surface area contributed by atoms with E-state index in [-0.39, 0.29) is 11.7 Å². The van der Waals surface area contributed by atoms with Crippen LogP contribution < -0.4 is 0 Å². The van der Waals surface area contributed by atoms with Crippen molar-refractivity contribution >= 4 is 11.8 Å². The zero-order valence-electron chi connectivity index (χ0n) is 18.1. The number of hydrogen-bond acceptors (Lipinski definition) is 4. The largest absolute Gasteiger partial charge is 0.487 e. The van der Waals surface area contributed by atoms with Crippen LogP contribution in [0.1, 0.15) is 66.7 Å². The number of hydrogen-bond donors (Lipinski definition) is 0. The Labute approximate surface area is 169 Å². The van der Waals surface area contributed by atoms with Crippen LogP contribution in [0.15, 0.2) is 46.8 Å². The van der Waals surface area contributed by atoms with E-state index in [1.54, 1.807) is 0 Å². The Morgan fingerprint density at radius 2 is 2.00 bits per heavy atom. The number of ketones is 1. The van der Waals surface area contributed by atoms with Gasteiger partial charge in [0.15, 0.2) is 5.78 Å². The first-order valence-corrected chi connectivity index (χ1v) is 10.2. The van der Waals surface area contributed by atoms with Crippen molar-refractivity contribution in [2.24, 2.45) is 11.8 Å². The second-order valence-corrected chi connectivity index (χ2v) is 8.54. The summed E-state index contributed by atoms with van der Waals surface area (Å²) in [6, 6.07) is 0. The van der Waals surface area contributed by atoms with Crippen molar-refractivity contribution in [3.8, 4) is 0 Å². The smallest absolute Gasteiger partial charge is 0.316 e. The lowest BCUT2D eigenvalue weighted by Gasteiger charge is -2.37. The van der Waals surface area contributed by atoms with Gasteiger partial charge < -0.3 is 9.47 Å². The molecule has 2 rings (SSSR count). The zero-order valence-corrected chi connectivity index (χ0v) is 18.1. The molecule has 0 radical (unpaired) electrons. The first-order chi connectivity index (χ1) is 13.2. The van der Waals surface area contributed by atoms with E-state index in [0.717, 1.165) is 25.7 Å². The predicted molar refractivity (Wildman–Crippen MR) is 112 cm³/mol. The molecule has 1 aliphatic carbocycles. The van der Waals surface area contributed by atoms with Crippen molar-refractivity contribution in [2.45, 2.75) is 72.3 Å². The standard InChI is InChI=1S/C24H34O4/c1-16(2)9-7-10-17(3)11-8-13-24(5)14-12-19-20(28-24)15-18(4)21(22(19)25)23(26)27-6/h9,11-12,14,18,21H,7-8,10,13,15H2,1-6H3/b17-11+. The number of carbonyl (C=O) groups excluding carboxylic acids is 2. The second kappa shape index (κ2) is 9.40. The van der Waals surface area contributed by atoms with Crippen LogP contribution in [0.4, 0.5) is 0 Å². The van der Waals surface area contributed by atoms with E-state index in [4.69, 9.17) is 9.47 Å². The molecule has 0 amide bonds. The molecule has 1 heterocycles. The van der Waals surface area contributed by atoms with Crippen molar-refractivity contribution in [3.63, 3.8) is 0 Å². The molecule has 0 aromatic rings. The molecule has 0 spiro atoms. The predicted octanol–water partition coefficient (Wildman–Crippen LogP) is 5.46. The van der Waals surface area contributed by atoms with Crippen LogP contribution in [-0.4, -0.2) is 24.5 Å². The third kappa shape index (κ3) is 5.46. The topological polar surface area (TPSA) is 52.6 Å². The van der Waals surface area contributed by atoms with Gasteiger partial charge in [0.2, 0.25) is 0 Å². The Morgan fingerprint density at radius 1 is 1.29 bits per heavy atom. The van der Waals surface area contributed by atoms with E-state index >= 15 is 0 Å². The monoisotopic (exact) mass is 386 g/mol. The fourth-order valence-corrected chi connectivity index (χ4v) is 3.83. The Morgan fingerprint density at radius 3 is 2.64 bits per heavy atom. The molecular formula is C24H34O4. The molecule has 0 bridgehead atoms. The zero-order chi connectivity index (χ0) is 20.9. The van der Waals surface area contributed by atoms with Gasteiger partial charge in [0.1, 0.15) is 17.3 Å². The highest BCUT2D eigenvalue weighted by molar-refractivity contribution is 6.11. The normalized spacial score (nSPS) is 27.2. The van der Waals surface area contributed by atoms with Gasteiger partial charge in [-0.3, -0.25) is 9.59 Å². The summed E-state index contributed by atoms with van der Waals surface area (Å²) < 4.78 is 11.1. The van der Waals surface area contributed by atoms with Gasteiger partial charge in [0.05, 0.1) is 12.7 Å². The highest BCUT2D eigenvalue weighted by Gasteiger charge is 2.43. The molecule has 0 N–H and O–H groups in total. The molecule has 1 aliphatic heterocycles. The average Bonchev–Trinajstić information content (AvgIpc) is 2.60. The second-order valence-electron chi connectivity index (χ2n) is 8.54. The fraction of sp³-hybridized carbons (Fsp3) is 0.583. The number of methoxy groups -OCH3 is 1. The van der Waals surface area contributed by atoms with Gasteiger partial charge in [0.25, 0.3) is 0 Å². The minimum absolute atomic E-state index is 0.119. The molecule has 0 aromatic carbocycles. The number of allylic oxidation sites excluding steroid dienone is 7. The summed E-state index contributed by atoms with van der Waals surface area (Å²) in [6.07, 6.45) is 12.9. The molecule has 3 unspecified atom stereocenters. The SMILES string of the molecule is COC(=O)C1C(=O)C2=C(CC1C)OC(C)(CC/C=C(\C)CCC=C(C)C)C=C2. The summed E-state index contributed by atoms with van der Waals surface area (Å²) in [4.78, 5) is 24.7. The van der Waals surface area contributed by atoms with Crippen molar-refractivity contribution in [3.05, 3.63) is 46.8 Å². The quantitative estimate of drug-likeness (QED) is 0.331. The Hall–Kier alpha value is -2.10. The third-order valence-corrected chi connectivity index (χ3v) is 5.56. The van der Waals surface area contributed by atoms with Gasteiger partial charge in [-0.05, 0) is 71.4 Å². The first kappa shape index (κ1) is 22.2. The lowest BCUT2D eigenvalue weighted by Crippen LogP contribution is -2.39. The fourth-order valence-electron chi connectivity index (χ4n) is 3.83. The van der Waals surface area contributed by atoms with Crippen molar-refractivity contribution in [1.82, 2.24) is 0 Å². The summed E-state index contributed by atoms with van der Waals surface area (Å²) in [5.74, 6) is -0.778. The summed E-state index contributed by atoms with van der Waals surface area (Å²) in [6.45, 7) is 10.4. The van der Waals surface area contributed by atoms with Crippen molar-refractivity contribution in [2.75, 3.05) is 7.11 Å². The molecule has 0 saturated carbocycles. The highest BCUT2D eigenvalue weighted by Crippen LogP contribution is 2.40. The minimum atomic E-state index is -0.729. The van der Waals surface area contributed by atoms with E-state index in [1.807, 2.05) is 19.1 Å². The molecule has 4 heteroatoms. The van der Waals surface area contributed by atoms with Crippen LogP contribution in [0.2, 0.25) is 0 Å². The summed E-state index contributed by atoms with van der Waals surface area (Å²) in [7, 11) is 1.33. The minimum Gasteiger partial charge on any atom is -0.487 e. The van der Waals surface area contributed by atoms with E-state index in [1.165, 1.54) is 18.3 Å². The Kier molecular flexibility index (Phi) is 7.45. The molecule has 2 aliphatic rings. The molecule has 0 saturated heterocycles.